The third-order valence-corrected chi connectivity index (χ3v) is 4.55. The minimum Gasteiger partial charge on any atom is -0.400 e. The molecule has 4 nitrogen and oxygen atoms in total. The van der Waals surface area contributed by atoms with Crippen LogP contribution in [0.3, 0.4) is 0 Å². The summed E-state index contributed by atoms with van der Waals surface area (Å²) in [5.74, 6) is -1.78. The normalized spacial score (nSPS) is 19.6. The van der Waals surface area contributed by atoms with Crippen LogP contribution < -0.4 is 5.32 Å². The van der Waals surface area contributed by atoms with E-state index in [0.717, 1.165) is 6.07 Å². The highest BCUT2D eigenvalue weighted by Gasteiger charge is 2.52. The second-order valence-corrected chi connectivity index (χ2v) is 6.82. The zero-order valence-corrected chi connectivity index (χ0v) is 14.6. The van der Waals surface area contributed by atoms with E-state index in [0.29, 0.717) is 12.0 Å². The van der Waals surface area contributed by atoms with E-state index in [-0.39, 0.29) is 11.8 Å². The first-order valence-electron chi connectivity index (χ1n) is 7.77. The Kier molecular flexibility index (Phi) is 5.27. The number of benzene rings is 1. The maximum atomic E-state index is 14.3. The summed E-state index contributed by atoms with van der Waals surface area (Å²) in [7, 11) is 1.09. The summed E-state index contributed by atoms with van der Waals surface area (Å²) in [6.45, 7) is 8.09. The number of carbonyl (C=O) groups is 1. The van der Waals surface area contributed by atoms with Gasteiger partial charge < -0.3 is 14.6 Å². The molecule has 0 atom stereocenters. The third kappa shape index (κ3) is 3.43. The number of nitrogens with one attached hydrogen (secondary N) is 1. The summed E-state index contributed by atoms with van der Waals surface area (Å²) < 4.78 is 39.7. The van der Waals surface area contributed by atoms with Crippen molar-refractivity contribution in [2.45, 2.75) is 38.9 Å². The van der Waals surface area contributed by atoms with Crippen molar-refractivity contribution in [3.05, 3.63) is 40.4 Å². The van der Waals surface area contributed by atoms with Crippen molar-refractivity contribution in [2.24, 2.45) is 0 Å². The van der Waals surface area contributed by atoms with Gasteiger partial charge in [0.15, 0.2) is 6.29 Å². The topological polar surface area (TPSA) is 47.6 Å². The Bertz CT molecular complexity index is 658. The van der Waals surface area contributed by atoms with E-state index < -0.39 is 35.5 Å². The maximum absolute atomic E-state index is 14.3. The number of carbonyl (C=O) groups excluding carboxylic acids is 1. The van der Waals surface area contributed by atoms with Crippen LogP contribution in [0.15, 0.2) is 17.6 Å². The lowest BCUT2D eigenvalue weighted by Crippen LogP contribution is -2.41. The van der Waals surface area contributed by atoms with Crippen molar-refractivity contribution < 1.29 is 22.9 Å². The number of halogens is 2. The molecule has 0 aliphatic carbocycles. The van der Waals surface area contributed by atoms with Gasteiger partial charge in [0.05, 0.1) is 16.8 Å². The molecule has 1 fully saturated rings. The highest BCUT2D eigenvalue weighted by atomic mass is 19.1. The average Bonchev–Trinajstić information content (AvgIpc) is 2.70. The van der Waals surface area contributed by atoms with Gasteiger partial charge in [-0.3, -0.25) is 4.79 Å². The molecule has 1 aromatic carbocycles. The Labute approximate surface area is 141 Å². The molecule has 1 N–H and O–H groups in total. The molecule has 0 spiro atoms. The van der Waals surface area contributed by atoms with Crippen molar-refractivity contribution in [1.29, 1.82) is 0 Å². The van der Waals surface area contributed by atoms with Gasteiger partial charge in [0.25, 0.3) is 0 Å². The third-order valence-electron chi connectivity index (χ3n) is 4.55. The molecule has 0 radical (unpaired) electrons. The first-order valence-corrected chi connectivity index (χ1v) is 7.77. The van der Waals surface area contributed by atoms with Crippen LogP contribution in [0, 0.1) is 11.6 Å². The summed E-state index contributed by atoms with van der Waals surface area (Å²) in [6, 6.07) is 2.36. The summed E-state index contributed by atoms with van der Waals surface area (Å²) >= 11 is 0. The van der Waals surface area contributed by atoms with Gasteiger partial charge in [0.1, 0.15) is 11.6 Å². The molecule has 0 saturated carbocycles. The average molecular weight is 337 g/mol. The first kappa shape index (κ1) is 18.8. The van der Waals surface area contributed by atoms with E-state index in [4.69, 9.17) is 9.31 Å². The van der Waals surface area contributed by atoms with Gasteiger partial charge in [-0.05, 0) is 52.3 Å². The van der Waals surface area contributed by atoms with E-state index in [9.17, 15) is 13.6 Å². The molecule has 2 rings (SSSR count). The molecule has 1 saturated heterocycles. The number of likely N-dealkylation sites (N-methyl/N-ethyl adjacent to an activating group) is 1. The van der Waals surface area contributed by atoms with Crippen molar-refractivity contribution in [3.63, 3.8) is 0 Å². The molecule has 0 unspecified atom stereocenters. The fourth-order valence-corrected chi connectivity index (χ4v) is 2.41. The van der Waals surface area contributed by atoms with E-state index >= 15 is 0 Å². The number of hydrogen-bond donors (Lipinski definition) is 1. The van der Waals surface area contributed by atoms with Crippen LogP contribution in [0.2, 0.25) is 0 Å². The van der Waals surface area contributed by atoms with Gasteiger partial charge in [0.2, 0.25) is 0 Å². The van der Waals surface area contributed by atoms with E-state index in [1.54, 1.807) is 7.05 Å². The molecule has 0 amide bonds. The smallest absolute Gasteiger partial charge is 0.400 e. The minimum absolute atomic E-state index is 0.110. The van der Waals surface area contributed by atoms with Gasteiger partial charge >= 0.3 is 7.12 Å². The van der Waals surface area contributed by atoms with Crippen molar-refractivity contribution in [2.75, 3.05) is 13.6 Å². The molecule has 1 aliphatic heterocycles. The van der Waals surface area contributed by atoms with Crippen LogP contribution >= 0.6 is 0 Å². The van der Waals surface area contributed by atoms with Gasteiger partial charge in [-0.25, -0.2) is 8.78 Å². The lowest BCUT2D eigenvalue weighted by Gasteiger charge is -2.32. The van der Waals surface area contributed by atoms with Crippen molar-refractivity contribution >= 4 is 19.5 Å². The van der Waals surface area contributed by atoms with Crippen LogP contribution in [0.5, 0.6) is 0 Å². The monoisotopic (exact) mass is 337 g/mol. The Hall–Kier alpha value is -1.57. The largest absolute Gasteiger partial charge is 0.491 e. The Morgan fingerprint density at radius 2 is 1.79 bits per heavy atom. The summed E-state index contributed by atoms with van der Waals surface area (Å²) in [5.41, 5.74) is -0.877. The number of rotatable bonds is 5. The highest BCUT2D eigenvalue weighted by Crippen LogP contribution is 2.38. The molecular weight excluding hydrogens is 315 g/mol. The van der Waals surface area contributed by atoms with Crippen LogP contribution in [-0.4, -0.2) is 38.2 Å². The van der Waals surface area contributed by atoms with E-state index in [1.807, 2.05) is 27.7 Å². The molecule has 0 aromatic heterocycles. The lowest BCUT2D eigenvalue weighted by molar-refractivity contribution is 0.00578. The second-order valence-electron chi connectivity index (χ2n) is 6.82. The van der Waals surface area contributed by atoms with Gasteiger partial charge in [0, 0.05) is 12.1 Å². The SMILES string of the molecule is CNCC(=Cc1ccc(F)c(C=O)c1F)B1OC(C)(C)C(C)(C)O1. The summed E-state index contributed by atoms with van der Waals surface area (Å²) in [6.07, 6.45) is 1.70. The molecule has 0 bridgehead atoms. The molecule has 7 heteroatoms. The molecule has 1 aliphatic rings. The molecular formula is C17H22BF2NO3. The lowest BCUT2D eigenvalue weighted by atomic mass is 9.77. The van der Waals surface area contributed by atoms with Gasteiger partial charge in [-0.1, -0.05) is 6.08 Å². The summed E-state index contributed by atoms with van der Waals surface area (Å²) in [4.78, 5) is 10.9. The molecule has 130 valence electrons. The highest BCUT2D eigenvalue weighted by molar-refractivity contribution is 6.55. The zero-order valence-electron chi connectivity index (χ0n) is 14.6. The molecule has 1 heterocycles. The van der Waals surface area contributed by atoms with E-state index in [1.165, 1.54) is 12.1 Å². The minimum atomic E-state index is -0.893. The Balaban J connectivity index is 2.42. The van der Waals surface area contributed by atoms with Crippen molar-refractivity contribution in [1.82, 2.24) is 5.32 Å². The number of aldehydes is 1. The Morgan fingerprint density at radius 1 is 1.21 bits per heavy atom. The maximum Gasteiger partial charge on any atom is 0.491 e. The van der Waals surface area contributed by atoms with E-state index in [2.05, 4.69) is 5.32 Å². The number of hydrogen-bond acceptors (Lipinski definition) is 4. The van der Waals surface area contributed by atoms with Gasteiger partial charge in [-0.2, -0.15) is 0 Å². The first-order chi connectivity index (χ1) is 11.1. The second kappa shape index (κ2) is 6.74. The van der Waals surface area contributed by atoms with Gasteiger partial charge in [-0.15, -0.1) is 0 Å². The van der Waals surface area contributed by atoms with Crippen LogP contribution in [0.4, 0.5) is 8.78 Å². The van der Waals surface area contributed by atoms with Crippen LogP contribution in [0.25, 0.3) is 6.08 Å². The fourth-order valence-electron chi connectivity index (χ4n) is 2.41. The van der Waals surface area contributed by atoms with Crippen molar-refractivity contribution in [3.8, 4) is 0 Å². The predicted molar refractivity (Wildman–Crippen MR) is 89.7 cm³/mol. The summed E-state index contributed by atoms with van der Waals surface area (Å²) in [5, 5.41) is 2.98. The Morgan fingerprint density at radius 3 is 2.29 bits per heavy atom. The quantitative estimate of drug-likeness (QED) is 0.663. The predicted octanol–water partition coefficient (Wildman–Crippen LogP) is 3.01. The zero-order chi connectivity index (χ0) is 18.1. The van der Waals surface area contributed by atoms with Crippen LogP contribution in [-0.2, 0) is 9.31 Å². The van der Waals surface area contributed by atoms with Crippen LogP contribution in [0.1, 0.15) is 43.6 Å². The fraction of sp³-hybridized carbons (Fsp3) is 0.471. The molecule has 24 heavy (non-hydrogen) atoms. The molecule has 1 aromatic rings. The standard InChI is InChI=1S/C17H22BF2NO3/c1-16(2)17(3,4)24-18(23-16)12(9-21-5)8-11-6-7-14(19)13(10-22)15(11)20/h6-8,10,21H,9H2,1-5H3.